The third-order valence-corrected chi connectivity index (χ3v) is 6.63. The van der Waals surface area contributed by atoms with Crippen LogP contribution in [0.4, 0.5) is 15.8 Å². The molecule has 0 fully saturated rings. The number of anilines is 2. The minimum Gasteiger partial charge on any atom is -0.492 e. The van der Waals surface area contributed by atoms with Crippen LogP contribution in [0.1, 0.15) is 34.0 Å². The first-order valence-corrected chi connectivity index (χ1v) is 11.9. The average molecular weight is 489 g/mol. The van der Waals surface area contributed by atoms with Gasteiger partial charge in [0.05, 0.1) is 47.8 Å². The number of amides is 1. The molecular formula is C26H25FN6O3. The van der Waals surface area contributed by atoms with Crippen molar-refractivity contribution in [2.24, 2.45) is 0 Å². The molecule has 6 rings (SSSR count). The van der Waals surface area contributed by atoms with Gasteiger partial charge in [0.15, 0.2) is 11.6 Å². The summed E-state index contributed by atoms with van der Waals surface area (Å²) in [7, 11) is 1.41. The van der Waals surface area contributed by atoms with Crippen molar-refractivity contribution in [2.75, 3.05) is 19.0 Å². The highest BCUT2D eigenvalue weighted by atomic mass is 19.1. The fourth-order valence-corrected chi connectivity index (χ4v) is 4.95. The maximum absolute atomic E-state index is 14.4. The number of H-pyrrole nitrogens is 1. The molecule has 10 heteroatoms. The highest BCUT2D eigenvalue weighted by molar-refractivity contribution is 6.06. The van der Waals surface area contributed by atoms with Gasteiger partial charge >= 0.3 is 0 Å². The number of methoxy groups -OCH3 is 1. The first kappa shape index (κ1) is 22.1. The van der Waals surface area contributed by atoms with E-state index >= 15 is 0 Å². The van der Waals surface area contributed by atoms with Gasteiger partial charge in [-0.05, 0) is 24.6 Å². The zero-order valence-corrected chi connectivity index (χ0v) is 19.7. The molecule has 0 saturated heterocycles. The van der Waals surface area contributed by atoms with Crippen molar-refractivity contribution >= 4 is 17.3 Å². The lowest BCUT2D eigenvalue weighted by molar-refractivity contribution is 0.0947. The van der Waals surface area contributed by atoms with Crippen molar-refractivity contribution in [3.8, 4) is 22.8 Å². The number of para-hydroxylation sites is 1. The van der Waals surface area contributed by atoms with Crippen LogP contribution in [-0.4, -0.2) is 39.1 Å². The topological polar surface area (TPSA) is 106 Å². The van der Waals surface area contributed by atoms with Crippen molar-refractivity contribution in [3.63, 3.8) is 0 Å². The predicted octanol–water partition coefficient (Wildman–Crippen LogP) is 3.98. The van der Waals surface area contributed by atoms with Gasteiger partial charge in [-0.2, -0.15) is 0 Å². The molecule has 0 aliphatic carbocycles. The molecule has 0 saturated carbocycles. The minimum absolute atomic E-state index is 0.0652. The summed E-state index contributed by atoms with van der Waals surface area (Å²) in [6.07, 6.45) is 7.88. The van der Waals surface area contributed by atoms with E-state index in [4.69, 9.17) is 9.47 Å². The normalized spacial score (nSPS) is 14.2. The Balaban J connectivity index is 1.41. The second-order valence-corrected chi connectivity index (χ2v) is 8.76. The molecule has 0 atom stereocenters. The number of rotatable bonds is 7. The molecule has 3 aromatic heterocycles. The fourth-order valence-electron chi connectivity index (χ4n) is 4.95. The van der Waals surface area contributed by atoms with Crippen molar-refractivity contribution in [3.05, 3.63) is 71.4 Å². The summed E-state index contributed by atoms with van der Waals surface area (Å²) in [6.45, 7) is 1.81. The molecule has 9 nitrogen and oxygen atoms in total. The Bertz CT molecular complexity index is 1460. The van der Waals surface area contributed by atoms with E-state index in [1.54, 1.807) is 24.5 Å². The van der Waals surface area contributed by atoms with E-state index in [1.165, 1.54) is 13.2 Å². The molecule has 2 aliphatic heterocycles. The van der Waals surface area contributed by atoms with E-state index < -0.39 is 5.82 Å². The lowest BCUT2D eigenvalue weighted by Gasteiger charge is -2.17. The predicted molar refractivity (Wildman–Crippen MR) is 131 cm³/mol. The van der Waals surface area contributed by atoms with E-state index in [-0.39, 0.29) is 11.7 Å². The lowest BCUT2D eigenvalue weighted by Crippen LogP contribution is -2.31. The molecule has 36 heavy (non-hydrogen) atoms. The monoisotopic (exact) mass is 488 g/mol. The van der Waals surface area contributed by atoms with Crippen LogP contribution in [0.3, 0.4) is 0 Å². The number of hydrogen-bond acceptors (Lipinski definition) is 6. The number of carbonyl (C=O) groups excluding carboxylic acids is 1. The van der Waals surface area contributed by atoms with Crippen molar-refractivity contribution in [1.82, 2.24) is 24.8 Å². The summed E-state index contributed by atoms with van der Waals surface area (Å²) < 4.78 is 28.1. The molecule has 3 N–H and O–H groups in total. The summed E-state index contributed by atoms with van der Waals surface area (Å²) in [4.78, 5) is 25.1. The third kappa shape index (κ3) is 3.74. The molecule has 0 bridgehead atoms. The summed E-state index contributed by atoms with van der Waals surface area (Å²) in [6, 6.07) is 6.45. The molecule has 4 aromatic rings. The molecule has 0 radical (unpaired) electrons. The number of fused-ring (bicyclic) bond motifs is 2. The maximum atomic E-state index is 14.4. The summed E-state index contributed by atoms with van der Waals surface area (Å²) in [5, 5.41) is 6.15. The summed E-state index contributed by atoms with van der Waals surface area (Å²) in [5.41, 5.74) is 4.59. The zero-order chi connectivity index (χ0) is 24.6. The van der Waals surface area contributed by atoms with Crippen LogP contribution >= 0.6 is 0 Å². The van der Waals surface area contributed by atoms with Crippen molar-refractivity contribution < 1.29 is 18.7 Å². The van der Waals surface area contributed by atoms with Gasteiger partial charge in [0.2, 0.25) is 0 Å². The SMILES string of the molecule is COc1c(F)cccc1Nc1c(-c2ccncc2OCc2cnc3n2CCC3)[nH]c2c1C(=O)NCC2. The molecule has 2 aliphatic rings. The van der Waals surface area contributed by atoms with Crippen LogP contribution in [0.5, 0.6) is 11.5 Å². The first-order valence-electron chi connectivity index (χ1n) is 11.9. The quantitative estimate of drug-likeness (QED) is 0.364. The van der Waals surface area contributed by atoms with Crippen LogP contribution in [0.2, 0.25) is 0 Å². The first-order chi connectivity index (χ1) is 17.6. The molecule has 0 spiro atoms. The van der Waals surface area contributed by atoms with Crippen molar-refractivity contribution in [2.45, 2.75) is 32.4 Å². The van der Waals surface area contributed by atoms with E-state index in [0.29, 0.717) is 48.0 Å². The van der Waals surface area contributed by atoms with E-state index in [0.717, 1.165) is 42.2 Å². The van der Waals surface area contributed by atoms with E-state index in [1.807, 2.05) is 12.3 Å². The maximum Gasteiger partial charge on any atom is 0.255 e. The Hall–Kier alpha value is -4.34. The molecule has 5 heterocycles. The summed E-state index contributed by atoms with van der Waals surface area (Å²) in [5.74, 6) is 0.996. The van der Waals surface area contributed by atoms with Crippen LogP contribution < -0.4 is 20.1 Å². The van der Waals surface area contributed by atoms with Gasteiger partial charge < -0.3 is 29.7 Å². The number of hydrogen-bond donors (Lipinski definition) is 3. The lowest BCUT2D eigenvalue weighted by atomic mass is 10.0. The van der Waals surface area contributed by atoms with E-state index in [9.17, 15) is 9.18 Å². The average Bonchev–Trinajstić information content (AvgIpc) is 3.59. The fraction of sp³-hybridized carbons (Fsp3) is 0.269. The van der Waals surface area contributed by atoms with Gasteiger partial charge in [-0.25, -0.2) is 9.37 Å². The van der Waals surface area contributed by atoms with Crippen LogP contribution in [0.25, 0.3) is 11.3 Å². The van der Waals surface area contributed by atoms with Crippen LogP contribution in [-0.2, 0) is 26.0 Å². The second kappa shape index (κ2) is 9.03. The number of imidazole rings is 1. The minimum atomic E-state index is -0.501. The number of nitrogens with one attached hydrogen (secondary N) is 3. The molecule has 0 unspecified atom stereocenters. The highest BCUT2D eigenvalue weighted by Crippen LogP contribution is 2.42. The van der Waals surface area contributed by atoms with Crippen LogP contribution in [0, 0.1) is 5.82 Å². The number of carbonyl (C=O) groups is 1. The summed E-state index contributed by atoms with van der Waals surface area (Å²) >= 11 is 0. The van der Waals surface area contributed by atoms with Gasteiger partial charge in [-0.1, -0.05) is 6.07 Å². The Labute approximate surface area is 206 Å². The Morgan fingerprint density at radius 1 is 1.22 bits per heavy atom. The largest absolute Gasteiger partial charge is 0.492 e. The van der Waals surface area contributed by atoms with Crippen LogP contribution in [0.15, 0.2) is 42.9 Å². The number of ether oxygens (including phenoxy) is 2. The number of aromatic nitrogens is 4. The Kier molecular flexibility index (Phi) is 5.55. The number of halogens is 1. The Morgan fingerprint density at radius 2 is 2.14 bits per heavy atom. The van der Waals surface area contributed by atoms with Gasteiger partial charge in [-0.3, -0.25) is 9.78 Å². The number of aromatic amines is 1. The van der Waals surface area contributed by atoms with Gasteiger partial charge in [-0.15, -0.1) is 0 Å². The molecular weight excluding hydrogens is 463 g/mol. The van der Waals surface area contributed by atoms with Gasteiger partial charge in [0, 0.05) is 43.4 Å². The molecule has 1 amide bonds. The number of benzene rings is 1. The zero-order valence-electron chi connectivity index (χ0n) is 19.7. The number of aryl methyl sites for hydroxylation is 1. The van der Waals surface area contributed by atoms with Gasteiger partial charge in [0.25, 0.3) is 5.91 Å². The van der Waals surface area contributed by atoms with Gasteiger partial charge in [0.1, 0.15) is 18.2 Å². The number of pyridine rings is 1. The third-order valence-electron chi connectivity index (χ3n) is 6.63. The standard InChI is InChI=1S/C26H25FN6O3/c1-35-25-17(27)4-2-5-19(25)32-24-22-18(8-10-29-26(22)34)31-23(24)16-7-9-28-13-20(16)36-14-15-12-30-21-6-3-11-33(15)21/h2,4-5,7,9,12-13,31-32H,3,6,8,10-11,14H2,1H3,(H,29,34). The van der Waals surface area contributed by atoms with E-state index in [2.05, 4.69) is 30.2 Å². The smallest absolute Gasteiger partial charge is 0.255 e. The molecule has 184 valence electrons. The van der Waals surface area contributed by atoms with Crippen molar-refractivity contribution in [1.29, 1.82) is 0 Å². The Morgan fingerprint density at radius 3 is 3.03 bits per heavy atom. The molecule has 1 aromatic carbocycles. The second-order valence-electron chi connectivity index (χ2n) is 8.76. The highest BCUT2D eigenvalue weighted by Gasteiger charge is 2.29. The number of nitrogens with zero attached hydrogens (tertiary/aromatic N) is 3.